The van der Waals surface area contributed by atoms with E-state index in [0.717, 1.165) is 34.0 Å². The summed E-state index contributed by atoms with van der Waals surface area (Å²) in [7, 11) is 0. The first-order chi connectivity index (χ1) is 12.1. The minimum atomic E-state index is 0.171. The van der Waals surface area contributed by atoms with Gasteiger partial charge in [-0.1, -0.05) is 37.4 Å². The predicted octanol–water partition coefficient (Wildman–Crippen LogP) is 5.50. The van der Waals surface area contributed by atoms with Gasteiger partial charge < -0.3 is 9.88 Å². The molecule has 0 bridgehead atoms. The van der Waals surface area contributed by atoms with Crippen LogP contribution in [0.15, 0.2) is 24.4 Å². The Morgan fingerprint density at radius 1 is 1.28 bits per heavy atom. The second kappa shape index (κ2) is 7.03. The average molecular weight is 359 g/mol. The first kappa shape index (κ1) is 17.0. The van der Waals surface area contributed by atoms with E-state index in [0.29, 0.717) is 18.4 Å². The maximum absolute atomic E-state index is 13.1. The van der Waals surface area contributed by atoms with Gasteiger partial charge in [-0.2, -0.15) is 0 Å². The van der Waals surface area contributed by atoms with Gasteiger partial charge in [0.2, 0.25) is 5.91 Å². The Morgan fingerprint density at radius 3 is 2.96 bits per heavy atom. The highest BCUT2D eigenvalue weighted by Gasteiger charge is 2.36. The van der Waals surface area contributed by atoms with Crippen LogP contribution in [0.25, 0.3) is 10.9 Å². The van der Waals surface area contributed by atoms with Crippen LogP contribution in [0.1, 0.15) is 63.4 Å². The molecule has 1 aliphatic carbocycles. The molecule has 2 aliphatic rings. The van der Waals surface area contributed by atoms with Crippen LogP contribution in [-0.2, 0) is 4.79 Å². The molecule has 1 aliphatic heterocycles. The van der Waals surface area contributed by atoms with E-state index in [-0.39, 0.29) is 5.92 Å². The first-order valence-electron chi connectivity index (χ1n) is 9.70. The molecule has 1 saturated carbocycles. The molecular weight excluding hydrogens is 332 g/mol. The van der Waals surface area contributed by atoms with Crippen LogP contribution >= 0.6 is 11.6 Å². The van der Waals surface area contributed by atoms with Crippen molar-refractivity contribution < 1.29 is 4.79 Å². The molecule has 0 radical (unpaired) electrons. The normalized spacial score (nSPS) is 25.0. The van der Waals surface area contributed by atoms with Gasteiger partial charge in [0.1, 0.15) is 0 Å². The maximum Gasteiger partial charge on any atom is 0.223 e. The second-order valence-corrected chi connectivity index (χ2v) is 8.26. The van der Waals surface area contributed by atoms with E-state index in [2.05, 4.69) is 16.8 Å². The summed E-state index contributed by atoms with van der Waals surface area (Å²) in [6, 6.07) is 6.41. The second-order valence-electron chi connectivity index (χ2n) is 7.85. The molecule has 2 unspecified atom stereocenters. The standard InChI is InChI=1S/C21H27ClN2O/c1-14(16-13-23-18-9-4-8-17(22)21(16)18)12-20(25)24-11-5-7-15-6-2-3-10-19(15)24/h4,8-9,13-15,19,23H,2-3,5-7,10-12H2,1H3/t14?,15?,19-/m0/s1. The Kier molecular flexibility index (Phi) is 4.77. The maximum atomic E-state index is 13.1. The van der Waals surface area contributed by atoms with E-state index in [9.17, 15) is 4.79 Å². The lowest BCUT2D eigenvalue weighted by Gasteiger charge is -2.44. The Labute approximate surface area is 154 Å². The van der Waals surface area contributed by atoms with Gasteiger partial charge >= 0.3 is 0 Å². The number of piperidine rings is 1. The van der Waals surface area contributed by atoms with Crippen molar-refractivity contribution in [1.29, 1.82) is 0 Å². The van der Waals surface area contributed by atoms with Crippen molar-refractivity contribution in [3.63, 3.8) is 0 Å². The topological polar surface area (TPSA) is 36.1 Å². The number of aromatic amines is 1. The van der Waals surface area contributed by atoms with Gasteiger partial charge in [-0.25, -0.2) is 0 Å². The SMILES string of the molecule is CC(CC(=O)N1CCCC2CCCC[C@@H]21)c1c[nH]c2cccc(Cl)c12. The third kappa shape index (κ3) is 3.19. The van der Waals surface area contributed by atoms with Gasteiger partial charge in [0, 0.05) is 36.1 Å². The van der Waals surface area contributed by atoms with Crippen molar-refractivity contribution in [3.8, 4) is 0 Å². The molecule has 2 heterocycles. The van der Waals surface area contributed by atoms with Crippen LogP contribution in [0.5, 0.6) is 0 Å². The van der Waals surface area contributed by atoms with E-state index < -0.39 is 0 Å². The number of rotatable bonds is 3. The summed E-state index contributed by atoms with van der Waals surface area (Å²) in [5.74, 6) is 1.24. The molecule has 2 aromatic rings. The minimum absolute atomic E-state index is 0.171. The van der Waals surface area contributed by atoms with E-state index in [1.54, 1.807) is 0 Å². The van der Waals surface area contributed by atoms with Crippen LogP contribution in [0.4, 0.5) is 0 Å². The number of nitrogens with one attached hydrogen (secondary N) is 1. The summed E-state index contributed by atoms with van der Waals surface area (Å²) in [4.78, 5) is 18.6. The quantitative estimate of drug-likeness (QED) is 0.773. The highest BCUT2D eigenvalue weighted by atomic mass is 35.5. The number of hydrogen-bond acceptors (Lipinski definition) is 1. The largest absolute Gasteiger partial charge is 0.361 e. The summed E-state index contributed by atoms with van der Waals surface area (Å²) in [5.41, 5.74) is 2.21. The van der Waals surface area contributed by atoms with E-state index in [4.69, 9.17) is 11.6 Å². The Bertz CT molecular complexity index is 766. The third-order valence-electron chi connectivity index (χ3n) is 6.26. The number of aromatic nitrogens is 1. The summed E-state index contributed by atoms with van der Waals surface area (Å²) >= 11 is 6.41. The molecule has 1 N–H and O–H groups in total. The van der Waals surface area contributed by atoms with Crippen LogP contribution in [0.2, 0.25) is 5.02 Å². The van der Waals surface area contributed by atoms with Gasteiger partial charge in [0.15, 0.2) is 0 Å². The number of amides is 1. The summed E-state index contributed by atoms with van der Waals surface area (Å²) in [6.45, 7) is 3.09. The van der Waals surface area contributed by atoms with Gasteiger partial charge in [-0.15, -0.1) is 0 Å². The molecule has 3 nitrogen and oxygen atoms in total. The zero-order chi connectivity index (χ0) is 17.4. The highest BCUT2D eigenvalue weighted by Crippen LogP contribution is 2.37. The van der Waals surface area contributed by atoms with Crippen molar-refractivity contribution in [2.24, 2.45) is 5.92 Å². The summed E-state index contributed by atoms with van der Waals surface area (Å²) in [5, 5.41) is 1.83. The monoisotopic (exact) mass is 358 g/mol. The Morgan fingerprint density at radius 2 is 2.08 bits per heavy atom. The van der Waals surface area contributed by atoms with Crippen LogP contribution in [-0.4, -0.2) is 28.4 Å². The number of carbonyl (C=O) groups excluding carboxylic acids is 1. The molecule has 1 saturated heterocycles. The van der Waals surface area contributed by atoms with Gasteiger partial charge in [-0.05, 0) is 55.2 Å². The molecule has 134 valence electrons. The number of H-pyrrole nitrogens is 1. The van der Waals surface area contributed by atoms with Gasteiger partial charge in [0.05, 0.1) is 5.02 Å². The lowest BCUT2D eigenvalue weighted by Crippen LogP contribution is -2.49. The number of benzene rings is 1. The fourth-order valence-electron chi connectivity index (χ4n) is 4.98. The predicted molar refractivity (Wildman–Crippen MR) is 103 cm³/mol. The molecule has 3 atom stereocenters. The van der Waals surface area contributed by atoms with Gasteiger partial charge in [0.25, 0.3) is 0 Å². The molecule has 25 heavy (non-hydrogen) atoms. The molecule has 1 aromatic carbocycles. The summed E-state index contributed by atoms with van der Waals surface area (Å²) in [6.07, 6.45) is 10.2. The summed E-state index contributed by atoms with van der Waals surface area (Å²) < 4.78 is 0. The molecule has 2 fully saturated rings. The number of nitrogens with zero attached hydrogens (tertiary/aromatic N) is 1. The van der Waals surface area contributed by atoms with E-state index in [1.807, 2.05) is 24.4 Å². The number of hydrogen-bond donors (Lipinski definition) is 1. The van der Waals surface area contributed by atoms with Crippen molar-refractivity contribution in [3.05, 3.63) is 35.0 Å². The fourth-order valence-corrected chi connectivity index (χ4v) is 5.26. The number of likely N-dealkylation sites (tertiary alicyclic amines) is 1. The molecule has 4 rings (SSSR count). The molecule has 1 aromatic heterocycles. The number of halogens is 1. The van der Waals surface area contributed by atoms with Crippen LogP contribution < -0.4 is 0 Å². The van der Waals surface area contributed by atoms with Crippen LogP contribution in [0.3, 0.4) is 0 Å². The van der Waals surface area contributed by atoms with Crippen molar-refractivity contribution in [1.82, 2.24) is 9.88 Å². The van der Waals surface area contributed by atoms with Crippen molar-refractivity contribution >= 4 is 28.4 Å². The molecular formula is C21H27ClN2O. The average Bonchev–Trinajstić information content (AvgIpc) is 3.07. The van der Waals surface area contributed by atoms with E-state index >= 15 is 0 Å². The Hall–Kier alpha value is -1.48. The van der Waals surface area contributed by atoms with Gasteiger partial charge in [-0.3, -0.25) is 4.79 Å². The highest BCUT2D eigenvalue weighted by molar-refractivity contribution is 6.35. The van der Waals surface area contributed by atoms with Crippen molar-refractivity contribution in [2.45, 2.75) is 63.8 Å². The number of carbonyl (C=O) groups is 1. The zero-order valence-electron chi connectivity index (χ0n) is 14.9. The molecule has 1 amide bonds. The van der Waals surface area contributed by atoms with Crippen LogP contribution in [0, 0.1) is 5.92 Å². The van der Waals surface area contributed by atoms with E-state index in [1.165, 1.54) is 38.5 Å². The van der Waals surface area contributed by atoms with Crippen molar-refractivity contribution in [2.75, 3.05) is 6.54 Å². The molecule has 0 spiro atoms. The fraction of sp³-hybridized carbons (Fsp3) is 0.571. The lowest BCUT2D eigenvalue weighted by molar-refractivity contribution is -0.137. The third-order valence-corrected chi connectivity index (χ3v) is 6.58. The zero-order valence-corrected chi connectivity index (χ0v) is 15.7. The minimum Gasteiger partial charge on any atom is -0.361 e. The molecule has 4 heteroatoms. The first-order valence-corrected chi connectivity index (χ1v) is 10.1. The number of fused-ring (bicyclic) bond motifs is 2. The Balaban J connectivity index is 1.51. The lowest BCUT2D eigenvalue weighted by atomic mass is 9.78. The smallest absolute Gasteiger partial charge is 0.223 e.